The first kappa shape index (κ1) is 17.5. The highest BCUT2D eigenvalue weighted by molar-refractivity contribution is 8.18. The first-order valence-electron chi connectivity index (χ1n) is 7.71. The molecular weight excluding hydrogens is 390 g/mol. The van der Waals surface area contributed by atoms with E-state index in [1.165, 1.54) is 35.6 Å². The number of rotatable bonds is 3. The molecule has 0 saturated carbocycles. The van der Waals surface area contributed by atoms with Crippen LogP contribution in [0.2, 0.25) is 0 Å². The van der Waals surface area contributed by atoms with Crippen LogP contribution in [-0.2, 0) is 4.79 Å². The molecule has 1 aliphatic heterocycles. The minimum absolute atomic E-state index is 0.321. The number of amides is 1. The summed E-state index contributed by atoms with van der Waals surface area (Å²) >= 11 is 2.31. The molecule has 0 unspecified atom stereocenters. The summed E-state index contributed by atoms with van der Waals surface area (Å²) in [6.45, 7) is 0. The lowest BCUT2D eigenvalue weighted by Crippen LogP contribution is -2.19. The zero-order chi connectivity index (χ0) is 18.8. The van der Waals surface area contributed by atoms with E-state index in [4.69, 9.17) is 0 Å². The molecule has 1 fully saturated rings. The molecule has 3 aromatic rings. The molecule has 2 heterocycles. The molecule has 2 aromatic carbocycles. The lowest BCUT2D eigenvalue weighted by Gasteiger charge is -1.94. The average Bonchev–Trinajstić information content (AvgIpc) is 3.22. The van der Waals surface area contributed by atoms with Gasteiger partial charge in [0.15, 0.2) is 5.17 Å². The Bertz CT molecular complexity index is 1090. The first-order chi connectivity index (χ1) is 13.1. The van der Waals surface area contributed by atoms with Crippen LogP contribution in [0.4, 0.5) is 13.9 Å². The fourth-order valence-corrected chi connectivity index (χ4v) is 3.91. The molecule has 1 amide bonds. The normalized spacial score (nSPS) is 16.9. The second-order valence-electron chi connectivity index (χ2n) is 5.44. The van der Waals surface area contributed by atoms with Crippen LogP contribution in [0.1, 0.15) is 5.56 Å². The molecule has 0 spiro atoms. The predicted molar refractivity (Wildman–Crippen MR) is 103 cm³/mol. The van der Waals surface area contributed by atoms with Crippen LogP contribution in [0.15, 0.2) is 58.4 Å². The van der Waals surface area contributed by atoms with Gasteiger partial charge in [-0.25, -0.2) is 8.78 Å². The van der Waals surface area contributed by atoms with Gasteiger partial charge in [-0.2, -0.15) is 4.99 Å². The van der Waals surface area contributed by atoms with Gasteiger partial charge in [-0.15, -0.1) is 10.2 Å². The summed E-state index contributed by atoms with van der Waals surface area (Å²) in [5.41, 5.74) is 1.19. The van der Waals surface area contributed by atoms with Crippen LogP contribution in [0.5, 0.6) is 0 Å². The zero-order valence-corrected chi connectivity index (χ0v) is 15.2. The van der Waals surface area contributed by atoms with Crippen molar-refractivity contribution in [3.05, 3.63) is 70.6 Å². The van der Waals surface area contributed by atoms with Gasteiger partial charge in [0.25, 0.3) is 5.91 Å². The molecule has 4 rings (SSSR count). The molecule has 1 saturated heterocycles. The van der Waals surface area contributed by atoms with Crippen molar-refractivity contribution < 1.29 is 13.6 Å². The highest BCUT2D eigenvalue weighted by Crippen LogP contribution is 2.32. The average molecular weight is 400 g/mol. The number of aromatic nitrogens is 2. The number of nitrogens with zero attached hydrogens (tertiary/aromatic N) is 3. The summed E-state index contributed by atoms with van der Waals surface area (Å²) in [5.74, 6) is -1.06. The summed E-state index contributed by atoms with van der Waals surface area (Å²) in [4.78, 5) is 16.7. The van der Waals surface area contributed by atoms with E-state index in [1.807, 2.05) is 0 Å². The minimum Gasteiger partial charge on any atom is -0.300 e. The number of hydrogen-bond acceptors (Lipinski definition) is 6. The van der Waals surface area contributed by atoms with E-state index in [1.54, 1.807) is 30.3 Å². The topological polar surface area (TPSA) is 67.2 Å². The van der Waals surface area contributed by atoms with Gasteiger partial charge in [-0.05, 0) is 47.7 Å². The van der Waals surface area contributed by atoms with Gasteiger partial charge in [0.05, 0.1) is 4.91 Å². The number of nitrogens with one attached hydrogen (secondary N) is 1. The monoisotopic (exact) mass is 400 g/mol. The van der Waals surface area contributed by atoms with Crippen LogP contribution in [-0.4, -0.2) is 21.3 Å². The van der Waals surface area contributed by atoms with E-state index in [-0.39, 0.29) is 17.5 Å². The van der Waals surface area contributed by atoms with E-state index in [0.29, 0.717) is 31.3 Å². The Kier molecular flexibility index (Phi) is 4.78. The number of hydrogen-bond donors (Lipinski definition) is 1. The van der Waals surface area contributed by atoms with Crippen molar-refractivity contribution in [1.82, 2.24) is 15.5 Å². The quantitative estimate of drug-likeness (QED) is 0.663. The van der Waals surface area contributed by atoms with Gasteiger partial charge in [0.2, 0.25) is 5.13 Å². The molecule has 5 nitrogen and oxygen atoms in total. The molecular formula is C18H10F2N4OS2. The standard InChI is InChI=1S/C18H10F2N4OS2/c19-12-5-1-3-10(7-12)8-14-15(25)21-17(26-14)22-18-24-23-16(27-18)11-4-2-6-13(20)9-11/h1-9H,(H,21,22,24,25)/b14-8-. The van der Waals surface area contributed by atoms with Crippen LogP contribution < -0.4 is 5.32 Å². The molecule has 9 heteroatoms. The van der Waals surface area contributed by atoms with Crippen LogP contribution in [0.3, 0.4) is 0 Å². The Balaban J connectivity index is 1.55. The highest BCUT2D eigenvalue weighted by atomic mass is 32.2. The molecule has 0 atom stereocenters. The van der Waals surface area contributed by atoms with Crippen LogP contribution >= 0.6 is 23.1 Å². The number of benzene rings is 2. The van der Waals surface area contributed by atoms with Crippen molar-refractivity contribution in [2.45, 2.75) is 0 Å². The van der Waals surface area contributed by atoms with E-state index in [9.17, 15) is 13.6 Å². The van der Waals surface area contributed by atoms with Gasteiger partial charge < -0.3 is 5.32 Å². The molecule has 27 heavy (non-hydrogen) atoms. The zero-order valence-electron chi connectivity index (χ0n) is 13.5. The number of carbonyl (C=O) groups excluding carboxylic acids is 1. The lowest BCUT2D eigenvalue weighted by atomic mass is 10.2. The van der Waals surface area contributed by atoms with Crippen molar-refractivity contribution >= 4 is 45.4 Å². The van der Waals surface area contributed by atoms with Crippen molar-refractivity contribution in [3.63, 3.8) is 0 Å². The summed E-state index contributed by atoms with van der Waals surface area (Å²) in [5, 5.41) is 11.8. The van der Waals surface area contributed by atoms with Gasteiger partial charge in [0.1, 0.15) is 16.6 Å². The summed E-state index contributed by atoms with van der Waals surface area (Å²) < 4.78 is 26.6. The number of thioether (sulfide) groups is 1. The summed E-state index contributed by atoms with van der Waals surface area (Å²) in [6.07, 6.45) is 1.59. The van der Waals surface area contributed by atoms with Crippen molar-refractivity contribution in [3.8, 4) is 10.6 Å². The molecule has 1 N–H and O–H groups in total. The Labute approximate surface area is 160 Å². The second-order valence-corrected chi connectivity index (χ2v) is 7.42. The van der Waals surface area contributed by atoms with E-state index in [0.717, 1.165) is 11.8 Å². The Morgan fingerprint density at radius 3 is 2.59 bits per heavy atom. The third-order valence-corrected chi connectivity index (χ3v) is 5.26. The van der Waals surface area contributed by atoms with Crippen molar-refractivity contribution in [2.75, 3.05) is 0 Å². The van der Waals surface area contributed by atoms with E-state index >= 15 is 0 Å². The number of halogens is 2. The Morgan fingerprint density at radius 1 is 1.04 bits per heavy atom. The van der Waals surface area contributed by atoms with E-state index < -0.39 is 0 Å². The summed E-state index contributed by atoms with van der Waals surface area (Å²) in [6, 6.07) is 12.0. The van der Waals surface area contributed by atoms with Gasteiger partial charge in [0, 0.05) is 5.56 Å². The van der Waals surface area contributed by atoms with Crippen LogP contribution in [0, 0.1) is 11.6 Å². The third kappa shape index (κ3) is 4.09. The van der Waals surface area contributed by atoms with Gasteiger partial charge in [-0.1, -0.05) is 35.6 Å². The SMILES string of the molecule is O=C1N/C(=N\c2nnc(-c3cccc(F)c3)s2)S/C1=C\c1cccc(F)c1. The van der Waals surface area contributed by atoms with E-state index in [2.05, 4.69) is 20.5 Å². The smallest absolute Gasteiger partial charge is 0.264 e. The molecule has 134 valence electrons. The highest BCUT2D eigenvalue weighted by Gasteiger charge is 2.24. The maximum atomic E-state index is 13.3. The fraction of sp³-hybridized carbons (Fsp3) is 0. The van der Waals surface area contributed by atoms with Crippen LogP contribution in [0.25, 0.3) is 16.6 Å². The third-order valence-electron chi connectivity index (χ3n) is 3.48. The predicted octanol–water partition coefficient (Wildman–Crippen LogP) is 4.37. The second kappa shape index (κ2) is 7.37. The Hall–Kier alpha value is -2.91. The molecule has 0 bridgehead atoms. The van der Waals surface area contributed by atoms with Crippen molar-refractivity contribution in [1.29, 1.82) is 0 Å². The van der Waals surface area contributed by atoms with Gasteiger partial charge in [-0.3, -0.25) is 4.79 Å². The maximum absolute atomic E-state index is 13.3. The largest absolute Gasteiger partial charge is 0.300 e. The maximum Gasteiger partial charge on any atom is 0.264 e. The number of carbonyl (C=O) groups is 1. The number of aliphatic imine (C=N–C) groups is 1. The molecule has 1 aliphatic rings. The minimum atomic E-state index is -0.375. The Morgan fingerprint density at radius 2 is 1.81 bits per heavy atom. The van der Waals surface area contributed by atoms with Crippen molar-refractivity contribution in [2.24, 2.45) is 4.99 Å². The summed E-state index contributed by atoms with van der Waals surface area (Å²) in [7, 11) is 0. The fourth-order valence-electron chi connectivity index (χ4n) is 2.31. The van der Waals surface area contributed by atoms with Gasteiger partial charge >= 0.3 is 0 Å². The molecule has 0 radical (unpaired) electrons. The molecule has 0 aliphatic carbocycles. The molecule has 1 aromatic heterocycles. The number of amidine groups is 1. The lowest BCUT2D eigenvalue weighted by molar-refractivity contribution is -0.115. The first-order valence-corrected chi connectivity index (χ1v) is 9.35.